The molecule has 5 heteroatoms. The standard InChI is InChI=1S/C18H21BrN2O2/c1-12-5-4-6-17(14(12)3)23-10-9-20-18(22)21-15-8-7-13(2)16(19)11-15/h4-8,11H,9-10H2,1-3H3,(H2,20,21,22). The molecule has 2 N–H and O–H groups in total. The predicted molar refractivity (Wildman–Crippen MR) is 97.3 cm³/mol. The molecule has 2 amide bonds. The molecule has 122 valence electrons. The Balaban J connectivity index is 1.76. The maximum atomic E-state index is 11.8. The van der Waals surface area contributed by atoms with Crippen LogP contribution in [-0.2, 0) is 0 Å². The van der Waals surface area contributed by atoms with Gasteiger partial charge in [-0.25, -0.2) is 4.79 Å². The van der Waals surface area contributed by atoms with Crippen LogP contribution in [0.2, 0.25) is 0 Å². The van der Waals surface area contributed by atoms with E-state index in [4.69, 9.17) is 4.74 Å². The van der Waals surface area contributed by atoms with Crippen molar-refractivity contribution >= 4 is 27.6 Å². The van der Waals surface area contributed by atoms with Crippen LogP contribution >= 0.6 is 15.9 Å². The fraction of sp³-hybridized carbons (Fsp3) is 0.278. The van der Waals surface area contributed by atoms with Crippen LogP contribution < -0.4 is 15.4 Å². The maximum Gasteiger partial charge on any atom is 0.319 e. The van der Waals surface area contributed by atoms with E-state index in [2.05, 4.69) is 26.6 Å². The third kappa shape index (κ3) is 4.99. The zero-order valence-corrected chi connectivity index (χ0v) is 15.2. The van der Waals surface area contributed by atoms with Crippen molar-refractivity contribution in [3.05, 3.63) is 57.6 Å². The van der Waals surface area contributed by atoms with E-state index in [1.807, 2.05) is 57.2 Å². The number of carbonyl (C=O) groups is 1. The molecule has 0 radical (unpaired) electrons. The highest BCUT2D eigenvalue weighted by Gasteiger charge is 2.04. The Morgan fingerprint density at radius 1 is 1.13 bits per heavy atom. The lowest BCUT2D eigenvalue weighted by atomic mass is 10.1. The lowest BCUT2D eigenvalue weighted by molar-refractivity contribution is 0.247. The fourth-order valence-corrected chi connectivity index (χ4v) is 2.43. The van der Waals surface area contributed by atoms with Gasteiger partial charge in [-0.2, -0.15) is 0 Å². The molecule has 2 aromatic rings. The summed E-state index contributed by atoms with van der Waals surface area (Å²) < 4.78 is 6.67. The number of rotatable bonds is 5. The molecule has 0 aliphatic rings. The van der Waals surface area contributed by atoms with Crippen LogP contribution in [0, 0.1) is 20.8 Å². The number of hydrogen-bond donors (Lipinski definition) is 2. The molecule has 0 atom stereocenters. The van der Waals surface area contributed by atoms with Gasteiger partial charge in [-0.1, -0.05) is 34.1 Å². The summed E-state index contributed by atoms with van der Waals surface area (Å²) in [4.78, 5) is 11.8. The molecule has 0 unspecified atom stereocenters. The van der Waals surface area contributed by atoms with Crippen LogP contribution in [-0.4, -0.2) is 19.2 Å². The van der Waals surface area contributed by atoms with E-state index in [1.54, 1.807) is 0 Å². The fourth-order valence-electron chi connectivity index (χ4n) is 2.05. The molecule has 0 aliphatic heterocycles. The lowest BCUT2D eigenvalue weighted by Crippen LogP contribution is -2.32. The topological polar surface area (TPSA) is 50.4 Å². The number of hydrogen-bond acceptors (Lipinski definition) is 2. The number of amides is 2. The summed E-state index contributed by atoms with van der Waals surface area (Å²) in [7, 11) is 0. The largest absolute Gasteiger partial charge is 0.491 e. The number of halogens is 1. The Morgan fingerprint density at radius 2 is 1.91 bits per heavy atom. The van der Waals surface area contributed by atoms with Gasteiger partial charge in [0.1, 0.15) is 12.4 Å². The van der Waals surface area contributed by atoms with E-state index in [0.29, 0.717) is 13.2 Å². The molecule has 0 heterocycles. The van der Waals surface area contributed by atoms with E-state index in [9.17, 15) is 4.79 Å². The van der Waals surface area contributed by atoms with E-state index >= 15 is 0 Å². The molecular formula is C18H21BrN2O2. The van der Waals surface area contributed by atoms with Gasteiger partial charge in [-0.15, -0.1) is 0 Å². The number of nitrogens with one attached hydrogen (secondary N) is 2. The molecule has 2 rings (SSSR count). The van der Waals surface area contributed by atoms with Gasteiger partial charge in [-0.05, 0) is 55.7 Å². The van der Waals surface area contributed by atoms with Crippen molar-refractivity contribution in [1.82, 2.24) is 5.32 Å². The Hall–Kier alpha value is -2.01. The molecule has 0 spiro atoms. The number of benzene rings is 2. The number of anilines is 1. The predicted octanol–water partition coefficient (Wildman–Crippen LogP) is 4.57. The van der Waals surface area contributed by atoms with Crippen LogP contribution in [0.4, 0.5) is 10.5 Å². The molecule has 23 heavy (non-hydrogen) atoms. The second kappa shape index (κ2) is 8.02. The van der Waals surface area contributed by atoms with Gasteiger partial charge < -0.3 is 15.4 Å². The Labute approximate surface area is 145 Å². The summed E-state index contributed by atoms with van der Waals surface area (Å²) in [6.45, 7) is 6.94. The van der Waals surface area contributed by atoms with E-state index < -0.39 is 0 Å². The van der Waals surface area contributed by atoms with Gasteiger partial charge in [0.25, 0.3) is 0 Å². The van der Waals surface area contributed by atoms with Gasteiger partial charge >= 0.3 is 6.03 Å². The molecule has 0 aromatic heterocycles. The van der Waals surface area contributed by atoms with E-state index in [1.165, 1.54) is 5.56 Å². The minimum absolute atomic E-state index is 0.245. The Bertz CT molecular complexity index is 701. The second-order valence-electron chi connectivity index (χ2n) is 5.39. The first kappa shape index (κ1) is 17.3. The molecule has 0 saturated heterocycles. The number of carbonyl (C=O) groups excluding carboxylic acids is 1. The molecule has 2 aromatic carbocycles. The minimum atomic E-state index is -0.245. The smallest absolute Gasteiger partial charge is 0.319 e. The first-order chi connectivity index (χ1) is 11.0. The maximum absolute atomic E-state index is 11.8. The molecule has 0 bridgehead atoms. The number of urea groups is 1. The van der Waals surface area contributed by atoms with E-state index in [-0.39, 0.29) is 6.03 Å². The number of aryl methyl sites for hydroxylation is 2. The third-order valence-corrected chi connectivity index (χ3v) is 4.48. The van der Waals surface area contributed by atoms with Crippen LogP contribution in [0.25, 0.3) is 0 Å². The van der Waals surface area contributed by atoms with Crippen molar-refractivity contribution in [3.8, 4) is 5.75 Å². The monoisotopic (exact) mass is 376 g/mol. The molecular weight excluding hydrogens is 356 g/mol. The highest BCUT2D eigenvalue weighted by Crippen LogP contribution is 2.21. The molecule has 0 saturated carbocycles. The Morgan fingerprint density at radius 3 is 2.65 bits per heavy atom. The highest BCUT2D eigenvalue weighted by atomic mass is 79.9. The molecule has 0 aliphatic carbocycles. The quantitative estimate of drug-likeness (QED) is 0.750. The summed E-state index contributed by atoms with van der Waals surface area (Å²) in [6.07, 6.45) is 0. The van der Waals surface area contributed by atoms with Gasteiger partial charge in [0, 0.05) is 10.2 Å². The first-order valence-corrected chi connectivity index (χ1v) is 8.26. The summed E-state index contributed by atoms with van der Waals surface area (Å²) in [5.74, 6) is 0.856. The van der Waals surface area contributed by atoms with Crippen LogP contribution in [0.1, 0.15) is 16.7 Å². The van der Waals surface area contributed by atoms with Crippen molar-refractivity contribution in [2.24, 2.45) is 0 Å². The van der Waals surface area contributed by atoms with Crippen LogP contribution in [0.3, 0.4) is 0 Å². The van der Waals surface area contributed by atoms with Gasteiger partial charge in [0.15, 0.2) is 0 Å². The van der Waals surface area contributed by atoms with Crippen molar-refractivity contribution in [2.75, 3.05) is 18.5 Å². The van der Waals surface area contributed by atoms with Crippen molar-refractivity contribution in [2.45, 2.75) is 20.8 Å². The zero-order valence-electron chi connectivity index (χ0n) is 13.6. The Kier molecular flexibility index (Phi) is 6.04. The normalized spacial score (nSPS) is 10.3. The average Bonchev–Trinajstić information content (AvgIpc) is 2.51. The first-order valence-electron chi connectivity index (χ1n) is 7.47. The second-order valence-corrected chi connectivity index (χ2v) is 6.25. The van der Waals surface area contributed by atoms with Crippen molar-refractivity contribution < 1.29 is 9.53 Å². The third-order valence-electron chi connectivity index (χ3n) is 3.63. The molecule has 4 nitrogen and oxygen atoms in total. The summed E-state index contributed by atoms with van der Waals surface area (Å²) in [5.41, 5.74) is 4.19. The zero-order chi connectivity index (χ0) is 16.8. The summed E-state index contributed by atoms with van der Waals surface area (Å²) >= 11 is 3.45. The summed E-state index contributed by atoms with van der Waals surface area (Å²) in [5, 5.41) is 5.57. The van der Waals surface area contributed by atoms with Gasteiger partial charge in [-0.3, -0.25) is 0 Å². The lowest BCUT2D eigenvalue weighted by Gasteiger charge is -2.12. The average molecular weight is 377 g/mol. The van der Waals surface area contributed by atoms with Crippen LogP contribution in [0.15, 0.2) is 40.9 Å². The minimum Gasteiger partial charge on any atom is -0.491 e. The van der Waals surface area contributed by atoms with Crippen LogP contribution in [0.5, 0.6) is 5.75 Å². The molecule has 0 fully saturated rings. The van der Waals surface area contributed by atoms with Gasteiger partial charge in [0.2, 0.25) is 0 Å². The number of ether oxygens (including phenoxy) is 1. The summed E-state index contributed by atoms with van der Waals surface area (Å²) in [6, 6.07) is 11.4. The van der Waals surface area contributed by atoms with Crippen molar-refractivity contribution in [3.63, 3.8) is 0 Å². The van der Waals surface area contributed by atoms with Gasteiger partial charge in [0.05, 0.1) is 6.54 Å². The SMILES string of the molecule is Cc1ccc(NC(=O)NCCOc2cccc(C)c2C)cc1Br. The van der Waals surface area contributed by atoms with Crippen molar-refractivity contribution in [1.29, 1.82) is 0 Å². The highest BCUT2D eigenvalue weighted by molar-refractivity contribution is 9.10. The van der Waals surface area contributed by atoms with E-state index in [0.717, 1.165) is 27.0 Å².